The highest BCUT2D eigenvalue weighted by molar-refractivity contribution is 5.95. The number of rotatable bonds is 3. The molecule has 0 spiro atoms. The first-order chi connectivity index (χ1) is 9.41. The molecule has 2 aromatic rings. The smallest absolute Gasteiger partial charge is 0.254 e. The third kappa shape index (κ3) is 2.47. The van der Waals surface area contributed by atoms with Gasteiger partial charge in [-0.05, 0) is 26.8 Å². The Hall–Kier alpha value is -2.44. The predicted octanol–water partition coefficient (Wildman–Crippen LogP) is 1.90. The Morgan fingerprint density at radius 3 is 2.80 bits per heavy atom. The average molecular weight is 278 g/mol. The van der Waals surface area contributed by atoms with Gasteiger partial charge in [0, 0.05) is 11.8 Å². The predicted molar refractivity (Wildman–Crippen MR) is 70.5 cm³/mol. The van der Waals surface area contributed by atoms with E-state index in [1.165, 1.54) is 12.3 Å². The highest BCUT2D eigenvalue weighted by atomic mass is 19.1. The second kappa shape index (κ2) is 5.28. The number of aryl methyl sites for hydroxylation is 2. The zero-order valence-electron chi connectivity index (χ0n) is 11.4. The van der Waals surface area contributed by atoms with Crippen molar-refractivity contribution in [2.75, 3.05) is 5.73 Å². The molecule has 2 heterocycles. The number of pyridine rings is 1. The summed E-state index contributed by atoms with van der Waals surface area (Å²) in [6.07, 6.45) is 1.29. The normalized spacial score (nSPS) is 12.2. The molecule has 0 aliphatic carbocycles. The summed E-state index contributed by atoms with van der Waals surface area (Å²) < 4.78 is 18.8. The van der Waals surface area contributed by atoms with E-state index in [1.807, 2.05) is 0 Å². The molecule has 1 unspecified atom stereocenters. The zero-order valence-corrected chi connectivity index (χ0v) is 11.4. The minimum absolute atomic E-state index is 0.142. The molecule has 7 heteroatoms. The molecule has 1 amide bonds. The molecule has 6 nitrogen and oxygen atoms in total. The Labute approximate surface area is 115 Å². The van der Waals surface area contributed by atoms with E-state index in [4.69, 9.17) is 10.3 Å². The quantitative estimate of drug-likeness (QED) is 0.894. The Balaban J connectivity index is 2.22. The first kappa shape index (κ1) is 14.0. The maximum absolute atomic E-state index is 13.7. The number of aromatic nitrogens is 2. The van der Waals surface area contributed by atoms with E-state index >= 15 is 0 Å². The number of nitrogen functional groups attached to an aromatic ring is 1. The van der Waals surface area contributed by atoms with Crippen LogP contribution in [0.15, 0.2) is 16.8 Å². The van der Waals surface area contributed by atoms with Gasteiger partial charge >= 0.3 is 0 Å². The lowest BCUT2D eigenvalue weighted by atomic mass is 10.1. The maximum atomic E-state index is 13.7. The van der Waals surface area contributed by atoms with Gasteiger partial charge in [0.2, 0.25) is 0 Å². The van der Waals surface area contributed by atoms with Crippen LogP contribution in [0.3, 0.4) is 0 Å². The van der Waals surface area contributed by atoms with E-state index in [2.05, 4.69) is 15.5 Å². The molecule has 0 aliphatic heterocycles. The third-order valence-corrected chi connectivity index (χ3v) is 3.03. The molecule has 0 bridgehead atoms. The minimum Gasteiger partial charge on any atom is -0.381 e. The van der Waals surface area contributed by atoms with Crippen molar-refractivity contribution in [1.82, 2.24) is 15.5 Å². The van der Waals surface area contributed by atoms with Gasteiger partial charge in [0.15, 0.2) is 11.6 Å². The fraction of sp³-hybridized carbons (Fsp3) is 0.308. The molecule has 106 valence electrons. The lowest BCUT2D eigenvalue weighted by molar-refractivity contribution is 0.0935. The van der Waals surface area contributed by atoms with E-state index in [0.717, 1.165) is 5.56 Å². The van der Waals surface area contributed by atoms with Crippen LogP contribution < -0.4 is 11.1 Å². The summed E-state index contributed by atoms with van der Waals surface area (Å²) in [7, 11) is 0. The van der Waals surface area contributed by atoms with E-state index in [1.54, 1.807) is 20.8 Å². The Morgan fingerprint density at radius 1 is 1.50 bits per heavy atom. The molecule has 0 aliphatic rings. The zero-order chi connectivity index (χ0) is 14.9. The molecule has 0 saturated heterocycles. The number of hydrogen-bond donors (Lipinski definition) is 2. The molecular formula is C13H15FN4O2. The Bertz CT molecular complexity index is 634. The number of amides is 1. The van der Waals surface area contributed by atoms with Crippen LogP contribution in [-0.2, 0) is 0 Å². The van der Waals surface area contributed by atoms with Gasteiger partial charge in [-0.1, -0.05) is 5.16 Å². The summed E-state index contributed by atoms with van der Waals surface area (Å²) in [5.74, 6) is -1.08. The largest absolute Gasteiger partial charge is 0.381 e. The number of anilines is 1. The lowest BCUT2D eigenvalue weighted by Gasteiger charge is -2.14. The van der Waals surface area contributed by atoms with E-state index < -0.39 is 11.7 Å². The van der Waals surface area contributed by atoms with Gasteiger partial charge < -0.3 is 15.6 Å². The van der Waals surface area contributed by atoms with Crippen LogP contribution in [-0.4, -0.2) is 16.0 Å². The highest BCUT2D eigenvalue weighted by Crippen LogP contribution is 2.21. The van der Waals surface area contributed by atoms with Gasteiger partial charge in [0.05, 0.1) is 17.3 Å². The van der Waals surface area contributed by atoms with Crippen molar-refractivity contribution in [3.05, 3.63) is 40.7 Å². The fourth-order valence-electron chi connectivity index (χ4n) is 2.09. The average Bonchev–Trinajstić information content (AvgIpc) is 2.72. The summed E-state index contributed by atoms with van der Waals surface area (Å²) in [6.45, 7) is 5.30. The molecule has 0 aromatic carbocycles. The number of nitrogens with zero attached hydrogens (tertiary/aromatic N) is 2. The fourth-order valence-corrected chi connectivity index (χ4v) is 2.09. The molecular weight excluding hydrogens is 263 g/mol. The number of nitrogens with one attached hydrogen (secondary N) is 1. The number of carbonyl (C=O) groups excluding carboxylic acids is 1. The van der Waals surface area contributed by atoms with Crippen molar-refractivity contribution >= 4 is 11.7 Å². The SMILES string of the molecule is Cc1noc(C)c1C(C)NC(=O)c1ccnc(N)c1F. The number of hydrogen-bond acceptors (Lipinski definition) is 5. The summed E-state index contributed by atoms with van der Waals surface area (Å²) in [4.78, 5) is 15.6. The second-order valence-corrected chi connectivity index (χ2v) is 4.49. The third-order valence-electron chi connectivity index (χ3n) is 3.03. The number of carbonyl (C=O) groups is 1. The Morgan fingerprint density at radius 2 is 2.20 bits per heavy atom. The van der Waals surface area contributed by atoms with Gasteiger partial charge in [0.1, 0.15) is 5.76 Å². The summed E-state index contributed by atoms with van der Waals surface area (Å²) in [5, 5.41) is 6.50. The van der Waals surface area contributed by atoms with Crippen LogP contribution >= 0.6 is 0 Å². The monoisotopic (exact) mass is 278 g/mol. The molecule has 0 saturated carbocycles. The van der Waals surface area contributed by atoms with Gasteiger partial charge in [-0.3, -0.25) is 4.79 Å². The van der Waals surface area contributed by atoms with E-state index in [0.29, 0.717) is 11.5 Å². The van der Waals surface area contributed by atoms with Crippen molar-refractivity contribution in [2.45, 2.75) is 26.8 Å². The van der Waals surface area contributed by atoms with Crippen molar-refractivity contribution in [3.8, 4) is 0 Å². The standard InChI is InChI=1S/C13H15FN4O2/c1-6(10-7(2)18-20-8(10)3)17-13(19)9-4-5-16-12(15)11(9)14/h4-6H,1-3H3,(H2,15,16)(H,17,19). The van der Waals surface area contributed by atoms with Gasteiger partial charge in [-0.2, -0.15) is 0 Å². The van der Waals surface area contributed by atoms with Gasteiger partial charge in [-0.25, -0.2) is 9.37 Å². The van der Waals surface area contributed by atoms with Crippen LogP contribution in [0, 0.1) is 19.7 Å². The second-order valence-electron chi connectivity index (χ2n) is 4.49. The molecule has 20 heavy (non-hydrogen) atoms. The first-order valence-corrected chi connectivity index (χ1v) is 6.05. The van der Waals surface area contributed by atoms with Crippen molar-refractivity contribution < 1.29 is 13.7 Å². The van der Waals surface area contributed by atoms with E-state index in [9.17, 15) is 9.18 Å². The van der Waals surface area contributed by atoms with Crippen LogP contribution in [0.25, 0.3) is 0 Å². The molecule has 1 atom stereocenters. The number of halogens is 1. The minimum atomic E-state index is -0.823. The van der Waals surface area contributed by atoms with E-state index in [-0.39, 0.29) is 17.4 Å². The van der Waals surface area contributed by atoms with Crippen molar-refractivity contribution in [1.29, 1.82) is 0 Å². The molecule has 0 radical (unpaired) electrons. The maximum Gasteiger partial charge on any atom is 0.254 e. The van der Waals surface area contributed by atoms with Crippen LogP contribution in [0.1, 0.15) is 40.3 Å². The lowest BCUT2D eigenvalue weighted by Crippen LogP contribution is -2.28. The molecule has 2 aromatic heterocycles. The number of nitrogens with two attached hydrogens (primary N) is 1. The van der Waals surface area contributed by atoms with Gasteiger partial charge in [-0.15, -0.1) is 0 Å². The first-order valence-electron chi connectivity index (χ1n) is 6.05. The summed E-state index contributed by atoms with van der Waals surface area (Å²) in [5.41, 5.74) is 6.66. The molecule has 0 fully saturated rings. The summed E-state index contributed by atoms with van der Waals surface area (Å²) >= 11 is 0. The Kier molecular flexibility index (Phi) is 3.69. The van der Waals surface area contributed by atoms with Gasteiger partial charge in [0.25, 0.3) is 5.91 Å². The molecule has 2 rings (SSSR count). The summed E-state index contributed by atoms with van der Waals surface area (Å²) in [6, 6.07) is 0.920. The highest BCUT2D eigenvalue weighted by Gasteiger charge is 2.21. The topological polar surface area (TPSA) is 94.0 Å². The van der Waals surface area contributed by atoms with Crippen LogP contribution in [0.2, 0.25) is 0 Å². The van der Waals surface area contributed by atoms with Crippen LogP contribution in [0.5, 0.6) is 0 Å². The van der Waals surface area contributed by atoms with Crippen LogP contribution in [0.4, 0.5) is 10.2 Å². The molecule has 3 N–H and O–H groups in total. The van der Waals surface area contributed by atoms with Crippen molar-refractivity contribution in [2.24, 2.45) is 0 Å². The van der Waals surface area contributed by atoms with Crippen molar-refractivity contribution in [3.63, 3.8) is 0 Å².